The number of thiocarbonyl (C=S) groups is 1. The summed E-state index contributed by atoms with van der Waals surface area (Å²) in [6.45, 7) is 3.82. The third-order valence-electron chi connectivity index (χ3n) is 5.72. The molecule has 0 aliphatic heterocycles. The summed E-state index contributed by atoms with van der Waals surface area (Å²) in [6, 6.07) is 24.7. The number of nitrogens with one attached hydrogen (secondary N) is 3. The van der Waals surface area contributed by atoms with E-state index in [1.165, 1.54) is 23.1 Å². The van der Waals surface area contributed by atoms with Gasteiger partial charge in [-0.25, -0.2) is 4.79 Å². The highest BCUT2D eigenvalue weighted by Crippen LogP contribution is 2.37. The van der Waals surface area contributed by atoms with Crippen molar-refractivity contribution >= 4 is 68.7 Å². The van der Waals surface area contributed by atoms with E-state index < -0.39 is 11.2 Å². The van der Waals surface area contributed by atoms with Crippen LogP contribution in [0.25, 0.3) is 11.1 Å². The summed E-state index contributed by atoms with van der Waals surface area (Å²) in [5.41, 5.74) is 3.51. The van der Waals surface area contributed by atoms with Crippen molar-refractivity contribution in [3.8, 4) is 16.9 Å². The normalized spacial score (nSPS) is 11.3. The van der Waals surface area contributed by atoms with Crippen LogP contribution in [0.2, 0.25) is 0 Å². The molecule has 3 N–H and O–H groups in total. The smallest absolute Gasteiger partial charge is 0.341 e. The minimum atomic E-state index is -0.463. The Balaban J connectivity index is 1.43. The molecule has 1 amide bonds. The van der Waals surface area contributed by atoms with Crippen LogP contribution >= 0.6 is 35.3 Å². The monoisotopic (exact) mass is 591 g/mol. The SMILES string of the molecule is CCOC(=O)c1c(-c2ccccc2)csc1NC(=O)C(C)Sc1cccc(NC(=S)Nc2ccccc2OC)c1. The number of hydrogen-bond acceptors (Lipinski definition) is 7. The van der Waals surface area contributed by atoms with Crippen LogP contribution in [0, 0.1) is 0 Å². The van der Waals surface area contributed by atoms with Crippen molar-refractivity contribution < 1.29 is 19.1 Å². The highest BCUT2D eigenvalue weighted by Gasteiger charge is 2.24. The number of hydrogen-bond donors (Lipinski definition) is 3. The highest BCUT2D eigenvalue weighted by molar-refractivity contribution is 8.00. The van der Waals surface area contributed by atoms with Gasteiger partial charge >= 0.3 is 5.97 Å². The van der Waals surface area contributed by atoms with Crippen LogP contribution < -0.4 is 20.7 Å². The van der Waals surface area contributed by atoms with Gasteiger partial charge in [-0.15, -0.1) is 23.1 Å². The topological polar surface area (TPSA) is 88.7 Å². The van der Waals surface area contributed by atoms with Gasteiger partial charge in [-0.1, -0.05) is 48.5 Å². The Bertz CT molecular complexity index is 1490. The average molecular weight is 592 g/mol. The van der Waals surface area contributed by atoms with Gasteiger partial charge in [0.2, 0.25) is 5.91 Å². The molecule has 0 bridgehead atoms. The number of thioether (sulfide) groups is 1. The first-order valence-corrected chi connectivity index (χ1v) is 14.7. The number of rotatable bonds is 10. The minimum Gasteiger partial charge on any atom is -0.495 e. The number of carbonyl (C=O) groups is 2. The van der Waals surface area contributed by atoms with Gasteiger partial charge in [0.1, 0.15) is 16.3 Å². The maximum atomic E-state index is 13.2. The zero-order valence-electron chi connectivity index (χ0n) is 22.2. The predicted octanol–water partition coefficient (Wildman–Crippen LogP) is 7.53. The average Bonchev–Trinajstić information content (AvgIpc) is 3.37. The van der Waals surface area contributed by atoms with E-state index in [0.717, 1.165) is 27.4 Å². The van der Waals surface area contributed by atoms with Crippen LogP contribution in [0.1, 0.15) is 24.2 Å². The molecule has 206 valence electrons. The van der Waals surface area contributed by atoms with Crippen LogP contribution in [0.15, 0.2) is 89.1 Å². The van der Waals surface area contributed by atoms with Gasteiger partial charge in [-0.2, -0.15) is 0 Å². The molecule has 0 aliphatic rings. The Morgan fingerprint density at radius 1 is 0.975 bits per heavy atom. The summed E-state index contributed by atoms with van der Waals surface area (Å²) in [6.07, 6.45) is 0. The van der Waals surface area contributed by atoms with Crippen molar-refractivity contribution in [3.63, 3.8) is 0 Å². The van der Waals surface area contributed by atoms with E-state index in [2.05, 4.69) is 16.0 Å². The molecule has 1 aromatic heterocycles. The van der Waals surface area contributed by atoms with E-state index in [1.807, 2.05) is 91.2 Å². The Kier molecular flexibility index (Phi) is 10.2. The maximum absolute atomic E-state index is 13.2. The van der Waals surface area contributed by atoms with E-state index in [4.69, 9.17) is 21.7 Å². The molecule has 1 unspecified atom stereocenters. The number of para-hydroxylation sites is 2. The summed E-state index contributed by atoms with van der Waals surface area (Å²) in [7, 11) is 1.60. The number of amides is 1. The fourth-order valence-electron chi connectivity index (χ4n) is 3.84. The first-order valence-electron chi connectivity index (χ1n) is 12.5. The number of carbonyl (C=O) groups excluding carboxylic acids is 2. The van der Waals surface area contributed by atoms with Crippen molar-refractivity contribution in [1.82, 2.24) is 0 Å². The second kappa shape index (κ2) is 14.0. The lowest BCUT2D eigenvalue weighted by atomic mass is 10.0. The Labute approximate surface area is 247 Å². The molecule has 1 heterocycles. The molecule has 0 saturated heterocycles. The summed E-state index contributed by atoms with van der Waals surface area (Å²) >= 11 is 8.19. The standard InChI is InChI=1S/C30H29N3O4S3/c1-4-37-29(35)26-23(20-11-6-5-7-12-20)18-39-28(26)33-27(34)19(2)40-22-14-10-13-21(17-22)31-30(38)32-24-15-8-9-16-25(24)36-3/h5-19H,4H2,1-3H3,(H,33,34)(H2,31,32,38). The summed E-state index contributed by atoms with van der Waals surface area (Å²) < 4.78 is 10.7. The van der Waals surface area contributed by atoms with Gasteiger partial charge in [0.05, 0.1) is 24.7 Å². The molecule has 0 fully saturated rings. The molecule has 1 atom stereocenters. The second-order valence-electron chi connectivity index (χ2n) is 8.50. The van der Waals surface area contributed by atoms with E-state index >= 15 is 0 Å². The Morgan fingerprint density at radius 3 is 2.48 bits per heavy atom. The van der Waals surface area contributed by atoms with Gasteiger partial charge in [0.15, 0.2) is 5.11 Å². The fourth-order valence-corrected chi connectivity index (χ4v) is 5.95. The number of benzene rings is 3. The van der Waals surface area contributed by atoms with Crippen molar-refractivity contribution in [2.75, 3.05) is 29.7 Å². The quantitative estimate of drug-likeness (QED) is 0.0991. The fraction of sp³-hybridized carbons (Fsp3) is 0.167. The lowest BCUT2D eigenvalue weighted by Crippen LogP contribution is -2.23. The minimum absolute atomic E-state index is 0.219. The molecular formula is C30H29N3O4S3. The maximum Gasteiger partial charge on any atom is 0.341 e. The van der Waals surface area contributed by atoms with Crippen LogP contribution in [-0.2, 0) is 9.53 Å². The molecule has 0 aliphatic carbocycles. The number of esters is 1. The lowest BCUT2D eigenvalue weighted by Gasteiger charge is -2.15. The highest BCUT2D eigenvalue weighted by atomic mass is 32.2. The summed E-state index contributed by atoms with van der Waals surface area (Å²) in [4.78, 5) is 26.9. The second-order valence-corrected chi connectivity index (χ2v) is 11.2. The molecule has 0 saturated carbocycles. The number of ether oxygens (including phenoxy) is 2. The third-order valence-corrected chi connectivity index (χ3v) is 7.91. The van der Waals surface area contributed by atoms with E-state index in [1.54, 1.807) is 14.0 Å². The van der Waals surface area contributed by atoms with Crippen LogP contribution in [-0.4, -0.2) is 36.0 Å². The van der Waals surface area contributed by atoms with Gasteiger partial charge in [-0.05, 0) is 62.0 Å². The first kappa shape index (κ1) is 29.1. The van der Waals surface area contributed by atoms with Gasteiger partial charge in [0.25, 0.3) is 0 Å². The molecule has 0 spiro atoms. The largest absolute Gasteiger partial charge is 0.495 e. The van der Waals surface area contributed by atoms with E-state index in [9.17, 15) is 9.59 Å². The van der Waals surface area contributed by atoms with Gasteiger partial charge in [-0.3, -0.25) is 4.79 Å². The molecule has 4 aromatic rings. The lowest BCUT2D eigenvalue weighted by molar-refractivity contribution is -0.115. The van der Waals surface area contributed by atoms with Crippen LogP contribution in [0.5, 0.6) is 5.75 Å². The van der Waals surface area contributed by atoms with Crippen LogP contribution in [0.4, 0.5) is 16.4 Å². The van der Waals surface area contributed by atoms with Gasteiger partial charge in [0, 0.05) is 21.5 Å². The number of methoxy groups -OCH3 is 1. The summed E-state index contributed by atoms with van der Waals surface area (Å²) in [5.74, 6) is 0.00181. The van der Waals surface area contributed by atoms with E-state index in [0.29, 0.717) is 21.4 Å². The molecular weight excluding hydrogens is 563 g/mol. The van der Waals surface area contributed by atoms with Gasteiger partial charge < -0.3 is 25.4 Å². The van der Waals surface area contributed by atoms with E-state index in [-0.39, 0.29) is 12.5 Å². The van der Waals surface area contributed by atoms with Crippen LogP contribution in [0.3, 0.4) is 0 Å². The number of thiophene rings is 1. The first-order chi connectivity index (χ1) is 19.4. The molecule has 0 radical (unpaired) electrons. The third kappa shape index (κ3) is 7.41. The van der Waals surface area contributed by atoms with Crippen molar-refractivity contribution in [1.29, 1.82) is 0 Å². The molecule has 7 nitrogen and oxygen atoms in total. The van der Waals surface area contributed by atoms with Crippen molar-refractivity contribution in [2.45, 2.75) is 24.0 Å². The zero-order chi connectivity index (χ0) is 28.5. The Hall–Kier alpha value is -3.86. The molecule has 40 heavy (non-hydrogen) atoms. The molecule has 10 heteroatoms. The van der Waals surface area contributed by atoms with Crippen molar-refractivity contribution in [2.24, 2.45) is 0 Å². The summed E-state index contributed by atoms with van der Waals surface area (Å²) in [5, 5.41) is 11.6. The molecule has 3 aromatic carbocycles. The van der Waals surface area contributed by atoms with Crippen molar-refractivity contribution in [3.05, 3.63) is 89.8 Å². The zero-order valence-corrected chi connectivity index (χ0v) is 24.7. The predicted molar refractivity (Wildman–Crippen MR) is 169 cm³/mol. The molecule has 4 rings (SSSR count). The number of anilines is 3. The Morgan fingerprint density at radius 2 is 1.73 bits per heavy atom.